The maximum Gasteiger partial charge on any atom is 0.324 e. The quantitative estimate of drug-likeness (QED) is 0.238. The van der Waals surface area contributed by atoms with Crippen LogP contribution in [0.2, 0.25) is 0 Å². The highest BCUT2D eigenvalue weighted by Gasteiger charge is 2.66. The van der Waals surface area contributed by atoms with E-state index in [1.165, 1.54) is 0 Å². The van der Waals surface area contributed by atoms with E-state index < -0.39 is 17.4 Å². The van der Waals surface area contributed by atoms with Crippen LogP contribution in [0.15, 0.2) is 60.7 Å². The van der Waals surface area contributed by atoms with Crippen LogP contribution < -0.4 is 0 Å². The third-order valence-corrected chi connectivity index (χ3v) is 11.0. The lowest BCUT2D eigenvalue weighted by Gasteiger charge is -2.60. The van der Waals surface area contributed by atoms with Crippen molar-refractivity contribution in [2.75, 3.05) is 14.1 Å². The molecule has 0 atom stereocenters. The lowest BCUT2D eigenvalue weighted by Crippen LogP contribution is -2.67. The van der Waals surface area contributed by atoms with Gasteiger partial charge in [-0.1, -0.05) is 60.7 Å². The van der Waals surface area contributed by atoms with Gasteiger partial charge in [-0.15, -0.1) is 0 Å². The molecule has 0 N–H and O–H groups in total. The Kier molecular flexibility index (Phi) is 9.27. The van der Waals surface area contributed by atoms with E-state index in [1.54, 1.807) is 0 Å². The highest BCUT2D eigenvalue weighted by Crippen LogP contribution is 2.57. The normalized spacial score (nSPS) is 22.6. The van der Waals surface area contributed by atoms with Crippen molar-refractivity contribution in [1.82, 2.24) is 9.80 Å². The molecule has 0 aliphatic carbocycles. The van der Waals surface area contributed by atoms with Crippen molar-refractivity contribution in [2.45, 2.75) is 116 Å². The molecule has 236 valence electrons. The molecule has 0 saturated carbocycles. The number of esters is 2. The number of hydrogen-bond acceptors (Lipinski definition) is 6. The highest BCUT2D eigenvalue weighted by molar-refractivity contribution is 6.01. The van der Waals surface area contributed by atoms with E-state index >= 15 is 0 Å². The minimum Gasteiger partial charge on any atom is -0.460 e. The van der Waals surface area contributed by atoms with Gasteiger partial charge in [0.15, 0.2) is 5.41 Å². The predicted octanol–water partition coefficient (Wildman–Crippen LogP) is 7.26. The van der Waals surface area contributed by atoms with Gasteiger partial charge >= 0.3 is 11.9 Å². The molecule has 4 rings (SSSR count). The van der Waals surface area contributed by atoms with Crippen molar-refractivity contribution < 1.29 is 19.1 Å². The average Bonchev–Trinajstić information content (AvgIpc) is 2.93. The number of benzene rings is 2. The molecule has 2 aliphatic rings. The number of nitrogens with zero attached hydrogens (tertiary/aromatic N) is 2. The monoisotopic (exact) mass is 590 g/mol. The molecule has 0 aromatic heterocycles. The largest absolute Gasteiger partial charge is 0.460 e. The fourth-order valence-electron chi connectivity index (χ4n) is 8.16. The minimum atomic E-state index is -1.46. The van der Waals surface area contributed by atoms with E-state index in [0.29, 0.717) is 25.7 Å². The molecular weight excluding hydrogens is 536 g/mol. The summed E-state index contributed by atoms with van der Waals surface area (Å²) in [4.78, 5) is 34.7. The van der Waals surface area contributed by atoms with E-state index in [9.17, 15) is 9.59 Å². The number of likely N-dealkylation sites (tertiary alicyclic amines) is 2. The summed E-state index contributed by atoms with van der Waals surface area (Å²) >= 11 is 0. The first-order valence-corrected chi connectivity index (χ1v) is 15.8. The molecule has 0 amide bonds. The molecule has 2 aromatic rings. The number of carbonyl (C=O) groups excluding carboxylic acids is 2. The summed E-state index contributed by atoms with van der Waals surface area (Å²) < 4.78 is 12.5. The molecule has 6 heteroatoms. The Labute approximate surface area is 260 Å². The number of hydrogen-bond donors (Lipinski definition) is 0. The lowest BCUT2D eigenvalue weighted by molar-refractivity contribution is -0.199. The lowest BCUT2D eigenvalue weighted by atomic mass is 9.53. The fraction of sp³-hybridized carbons (Fsp3) is 0.622. The van der Waals surface area contributed by atoms with Gasteiger partial charge in [-0.2, -0.15) is 0 Å². The summed E-state index contributed by atoms with van der Waals surface area (Å²) in [6.07, 6.45) is 2.73. The first-order chi connectivity index (χ1) is 19.9. The van der Waals surface area contributed by atoms with Crippen molar-refractivity contribution in [1.29, 1.82) is 0 Å². The number of carbonyl (C=O) groups is 2. The Morgan fingerprint density at radius 3 is 1.16 bits per heavy atom. The zero-order valence-electron chi connectivity index (χ0n) is 28.2. The fourth-order valence-corrected chi connectivity index (χ4v) is 8.16. The van der Waals surface area contributed by atoms with Crippen LogP contribution in [0.3, 0.4) is 0 Å². The molecule has 2 aromatic carbocycles. The van der Waals surface area contributed by atoms with Gasteiger partial charge in [0.05, 0.1) is 0 Å². The van der Waals surface area contributed by atoms with Crippen LogP contribution >= 0.6 is 0 Å². The highest BCUT2D eigenvalue weighted by atomic mass is 16.6. The SMILES string of the molecule is CN1C(C)(C)CC(C(C(=O)OCc2ccccc2)(C(=O)OCc2ccccc2)C2CC(C)(C)N(C)C(C)(C)C2)CC1(C)C. The van der Waals surface area contributed by atoms with Crippen molar-refractivity contribution in [3.05, 3.63) is 71.8 Å². The van der Waals surface area contributed by atoms with Crippen LogP contribution in [0, 0.1) is 17.3 Å². The zero-order chi connectivity index (χ0) is 31.8. The Morgan fingerprint density at radius 2 is 0.884 bits per heavy atom. The summed E-state index contributed by atoms with van der Waals surface area (Å²) in [6.45, 7) is 18.0. The molecule has 2 saturated heterocycles. The van der Waals surface area contributed by atoms with Crippen molar-refractivity contribution >= 4 is 11.9 Å². The average molecular weight is 591 g/mol. The predicted molar refractivity (Wildman–Crippen MR) is 172 cm³/mol. The van der Waals surface area contributed by atoms with Crippen LogP contribution in [0.5, 0.6) is 0 Å². The Balaban J connectivity index is 1.87. The first-order valence-electron chi connectivity index (χ1n) is 15.8. The zero-order valence-corrected chi connectivity index (χ0v) is 28.2. The first kappa shape index (κ1) is 33.2. The molecule has 43 heavy (non-hydrogen) atoms. The van der Waals surface area contributed by atoms with Crippen LogP contribution in [0.4, 0.5) is 0 Å². The van der Waals surface area contributed by atoms with Crippen LogP contribution in [0.25, 0.3) is 0 Å². The van der Waals surface area contributed by atoms with Gasteiger partial charge in [-0.25, -0.2) is 0 Å². The van der Waals surface area contributed by atoms with Crippen molar-refractivity contribution in [3.8, 4) is 0 Å². The summed E-state index contributed by atoms with van der Waals surface area (Å²) in [5.41, 5.74) is -0.636. The van der Waals surface area contributed by atoms with E-state index in [0.717, 1.165) is 11.1 Å². The summed E-state index contributed by atoms with van der Waals surface area (Å²) in [7, 11) is 4.31. The topological polar surface area (TPSA) is 59.1 Å². The van der Waals surface area contributed by atoms with Crippen molar-refractivity contribution in [3.63, 3.8) is 0 Å². The molecule has 2 heterocycles. The molecule has 0 unspecified atom stereocenters. The molecule has 0 spiro atoms. The van der Waals surface area contributed by atoms with Gasteiger partial charge in [0.1, 0.15) is 13.2 Å². The third kappa shape index (κ3) is 6.56. The van der Waals surface area contributed by atoms with Gasteiger partial charge in [0, 0.05) is 22.2 Å². The summed E-state index contributed by atoms with van der Waals surface area (Å²) in [6, 6.07) is 19.5. The Morgan fingerprint density at radius 1 is 0.605 bits per heavy atom. The summed E-state index contributed by atoms with van der Waals surface area (Å²) in [5, 5.41) is 0. The standard InChI is InChI=1S/C37H54N2O4/c1-33(2)21-29(22-34(3,4)38(33)9)37(31(40)42-25-27-17-13-11-14-18-27,32(41)43-26-28-19-15-12-16-20-28)30-23-35(5,6)39(10)36(7,8)24-30/h11-20,29-30H,21-26H2,1-10H3. The van der Waals surface area contributed by atoms with Gasteiger partial charge in [-0.3, -0.25) is 19.4 Å². The van der Waals surface area contributed by atoms with Gasteiger partial charge in [0.2, 0.25) is 0 Å². The molecule has 6 nitrogen and oxygen atoms in total. The van der Waals surface area contributed by atoms with E-state index in [1.807, 2.05) is 60.7 Å². The number of ether oxygens (including phenoxy) is 2. The van der Waals surface area contributed by atoms with Gasteiger partial charge in [0.25, 0.3) is 0 Å². The minimum absolute atomic E-state index is 0.117. The van der Waals surface area contributed by atoms with Crippen molar-refractivity contribution in [2.24, 2.45) is 17.3 Å². The Hall–Kier alpha value is -2.70. The van der Waals surface area contributed by atoms with Gasteiger partial charge in [-0.05, 0) is 118 Å². The molecule has 0 bridgehead atoms. The Bertz CT molecular complexity index is 1130. The van der Waals surface area contributed by atoms with E-state index in [4.69, 9.17) is 9.47 Å². The van der Waals surface area contributed by atoms with Crippen LogP contribution in [-0.2, 0) is 32.3 Å². The van der Waals surface area contributed by atoms with E-state index in [-0.39, 0.29) is 47.2 Å². The number of piperidine rings is 2. The second-order valence-electron chi connectivity index (χ2n) is 15.6. The molecular formula is C37H54N2O4. The molecule has 0 radical (unpaired) electrons. The maximum absolute atomic E-state index is 14.9. The number of rotatable bonds is 8. The summed E-state index contributed by atoms with van der Waals surface area (Å²) in [5.74, 6) is -1.42. The van der Waals surface area contributed by atoms with E-state index in [2.05, 4.69) is 79.3 Å². The maximum atomic E-state index is 14.9. The van der Waals surface area contributed by atoms with Gasteiger partial charge < -0.3 is 9.47 Å². The van der Waals surface area contributed by atoms with Crippen LogP contribution in [-0.4, -0.2) is 58.0 Å². The second-order valence-corrected chi connectivity index (χ2v) is 15.6. The second kappa shape index (κ2) is 12.0. The molecule has 2 fully saturated rings. The third-order valence-electron chi connectivity index (χ3n) is 11.0. The van der Waals surface area contributed by atoms with Crippen LogP contribution in [0.1, 0.15) is 92.2 Å². The smallest absolute Gasteiger partial charge is 0.324 e. The molecule has 2 aliphatic heterocycles.